The van der Waals surface area contributed by atoms with E-state index in [2.05, 4.69) is 39.8 Å². The molecule has 0 spiro atoms. The first-order chi connectivity index (χ1) is 16.3. The summed E-state index contributed by atoms with van der Waals surface area (Å²) in [4.78, 5) is 0. The maximum atomic E-state index is 9.67. The lowest BCUT2D eigenvalue weighted by Crippen LogP contribution is -2.46. The summed E-state index contributed by atoms with van der Waals surface area (Å²) in [5.74, 6) is 3.89. The summed E-state index contributed by atoms with van der Waals surface area (Å²) >= 11 is 0. The van der Waals surface area contributed by atoms with Crippen LogP contribution in [0, 0.1) is 11.8 Å². The van der Waals surface area contributed by atoms with Gasteiger partial charge in [-0.3, -0.25) is 0 Å². The third-order valence-corrected chi connectivity index (χ3v) is 7.47. The number of fused-ring (bicyclic) bond motifs is 3. The van der Waals surface area contributed by atoms with Crippen molar-refractivity contribution in [3.63, 3.8) is 0 Å². The van der Waals surface area contributed by atoms with Crippen LogP contribution in [-0.4, -0.2) is 29.0 Å². The minimum absolute atomic E-state index is 0.0259. The molecule has 1 saturated carbocycles. The molecule has 0 radical (unpaired) electrons. The highest BCUT2D eigenvalue weighted by atomic mass is 16.5. The van der Waals surface area contributed by atoms with Crippen LogP contribution in [0.3, 0.4) is 0 Å². The monoisotopic (exact) mass is 468 g/mol. The molecule has 1 aliphatic carbocycles. The molecule has 5 heteroatoms. The minimum Gasteiger partial charge on any atom is -0.508 e. The maximum Gasteiger partial charge on any atom is 0.127 e. The minimum atomic E-state index is -0.183. The van der Waals surface area contributed by atoms with E-state index in [1.807, 2.05) is 0 Å². The second-order valence-electron chi connectivity index (χ2n) is 10.7. The smallest absolute Gasteiger partial charge is 0.127 e. The number of hydrogen-bond acceptors (Lipinski definition) is 5. The molecule has 0 saturated heterocycles. The van der Waals surface area contributed by atoms with E-state index in [1.54, 1.807) is 0 Å². The van der Waals surface area contributed by atoms with Gasteiger partial charge in [0, 0.05) is 29.7 Å². The van der Waals surface area contributed by atoms with Crippen LogP contribution in [0.2, 0.25) is 0 Å². The van der Waals surface area contributed by atoms with Gasteiger partial charge in [0.05, 0.1) is 0 Å². The Hall–Kier alpha value is -2.56. The zero-order valence-corrected chi connectivity index (χ0v) is 21.1. The van der Waals surface area contributed by atoms with Gasteiger partial charge in [0.15, 0.2) is 0 Å². The van der Waals surface area contributed by atoms with E-state index < -0.39 is 0 Å². The van der Waals surface area contributed by atoms with Crippen molar-refractivity contribution < 1.29 is 24.4 Å². The van der Waals surface area contributed by atoms with Crippen molar-refractivity contribution in [2.24, 2.45) is 11.8 Å². The number of hydrogen-bond donors (Lipinski definition) is 2. The quantitative estimate of drug-likeness (QED) is 0.389. The first-order valence-corrected chi connectivity index (χ1v) is 12.9. The number of aromatic hydroxyl groups is 2. The lowest BCUT2D eigenvalue weighted by molar-refractivity contribution is -0.0149. The number of aryl methyl sites for hydroxylation is 1. The summed E-state index contributed by atoms with van der Waals surface area (Å²) in [6.07, 6.45) is 8.18. The summed E-state index contributed by atoms with van der Waals surface area (Å²) in [6, 6.07) is 8.72. The van der Waals surface area contributed by atoms with E-state index in [0.717, 1.165) is 30.8 Å². The Balaban J connectivity index is 1.56. The summed E-state index contributed by atoms with van der Waals surface area (Å²) in [7, 11) is 0. The van der Waals surface area contributed by atoms with Gasteiger partial charge in [-0.1, -0.05) is 33.1 Å². The van der Waals surface area contributed by atoms with Gasteiger partial charge in [-0.05, 0) is 69.1 Å². The third kappa shape index (κ3) is 5.56. The Bertz CT molecular complexity index is 962. The number of phenols is 2. The normalized spacial score (nSPS) is 22.9. The van der Waals surface area contributed by atoms with Crippen molar-refractivity contribution >= 4 is 0 Å². The molecule has 1 heterocycles. The van der Waals surface area contributed by atoms with E-state index in [-0.39, 0.29) is 17.1 Å². The van der Waals surface area contributed by atoms with Gasteiger partial charge in [-0.25, -0.2) is 0 Å². The van der Waals surface area contributed by atoms with Crippen LogP contribution in [0.15, 0.2) is 30.3 Å². The van der Waals surface area contributed by atoms with Crippen molar-refractivity contribution in [2.45, 2.75) is 84.2 Å². The fourth-order valence-corrected chi connectivity index (χ4v) is 5.80. The van der Waals surface area contributed by atoms with Crippen LogP contribution in [-0.2, 0) is 6.42 Å². The summed E-state index contributed by atoms with van der Waals surface area (Å²) in [6.45, 7) is 9.76. The van der Waals surface area contributed by atoms with E-state index in [0.29, 0.717) is 36.7 Å². The van der Waals surface area contributed by atoms with Crippen molar-refractivity contribution in [2.75, 3.05) is 13.2 Å². The van der Waals surface area contributed by atoms with Crippen LogP contribution >= 0.6 is 0 Å². The van der Waals surface area contributed by atoms with E-state index in [1.165, 1.54) is 55.0 Å². The topological polar surface area (TPSA) is 68.2 Å². The standard InChI is InChI=1S/C29H40O5/c1-5-6-7-8-20-14-26(33-12-11-32-23-17-21(30)16-22(31)18-23)28-24-13-19(2)9-10-25(24)29(3,4)34-27(28)15-20/h14-19,24-25,30-31H,5-13H2,1-4H3/t19-,24-,25-/m1/s1. The molecule has 2 aliphatic rings. The third-order valence-electron chi connectivity index (χ3n) is 7.47. The number of ether oxygens (including phenoxy) is 3. The van der Waals surface area contributed by atoms with Gasteiger partial charge < -0.3 is 24.4 Å². The Morgan fingerprint density at radius 1 is 0.971 bits per heavy atom. The van der Waals surface area contributed by atoms with Gasteiger partial charge in [0.2, 0.25) is 0 Å². The summed E-state index contributed by atoms with van der Waals surface area (Å²) in [5.41, 5.74) is 2.31. The molecule has 5 nitrogen and oxygen atoms in total. The van der Waals surface area contributed by atoms with Gasteiger partial charge >= 0.3 is 0 Å². The Kier molecular flexibility index (Phi) is 7.49. The zero-order valence-electron chi connectivity index (χ0n) is 21.1. The second-order valence-corrected chi connectivity index (χ2v) is 10.7. The van der Waals surface area contributed by atoms with E-state index in [9.17, 15) is 10.2 Å². The molecule has 0 unspecified atom stereocenters. The highest BCUT2D eigenvalue weighted by Gasteiger charge is 2.47. The van der Waals surface area contributed by atoms with Gasteiger partial charge in [0.25, 0.3) is 0 Å². The molecule has 34 heavy (non-hydrogen) atoms. The van der Waals surface area contributed by atoms with Gasteiger partial charge in [-0.15, -0.1) is 0 Å². The predicted molar refractivity (Wildman–Crippen MR) is 134 cm³/mol. The molecule has 2 aromatic carbocycles. The van der Waals surface area contributed by atoms with E-state index in [4.69, 9.17) is 14.2 Å². The molecule has 0 amide bonds. The fourth-order valence-electron chi connectivity index (χ4n) is 5.80. The molecular weight excluding hydrogens is 428 g/mol. The molecule has 186 valence electrons. The van der Waals surface area contributed by atoms with Crippen LogP contribution in [0.4, 0.5) is 0 Å². The lowest BCUT2D eigenvalue weighted by atomic mass is 9.64. The lowest BCUT2D eigenvalue weighted by Gasteiger charge is -2.49. The van der Waals surface area contributed by atoms with Gasteiger partial charge in [0.1, 0.15) is 47.6 Å². The van der Waals surface area contributed by atoms with Crippen molar-refractivity contribution in [1.29, 1.82) is 0 Å². The van der Waals surface area contributed by atoms with Crippen LogP contribution in [0.5, 0.6) is 28.7 Å². The molecule has 0 aromatic heterocycles. The van der Waals surface area contributed by atoms with Crippen molar-refractivity contribution in [3.8, 4) is 28.7 Å². The summed E-state index contributed by atoms with van der Waals surface area (Å²) in [5, 5.41) is 19.3. The molecule has 4 rings (SSSR count). The zero-order chi connectivity index (χ0) is 24.3. The summed E-state index contributed by atoms with van der Waals surface area (Å²) < 4.78 is 18.7. The highest BCUT2D eigenvalue weighted by molar-refractivity contribution is 5.53. The van der Waals surface area contributed by atoms with Crippen molar-refractivity contribution in [3.05, 3.63) is 41.5 Å². The van der Waals surface area contributed by atoms with Crippen LogP contribution < -0.4 is 14.2 Å². The maximum absolute atomic E-state index is 9.67. The molecule has 3 atom stereocenters. The first-order valence-electron chi connectivity index (χ1n) is 12.9. The predicted octanol–water partition coefficient (Wildman–Crippen LogP) is 6.98. The molecule has 2 aromatic rings. The number of unbranched alkanes of at least 4 members (excludes halogenated alkanes) is 2. The molecular formula is C29H40O5. The highest BCUT2D eigenvalue weighted by Crippen LogP contribution is 2.55. The Morgan fingerprint density at radius 2 is 1.71 bits per heavy atom. The van der Waals surface area contributed by atoms with Gasteiger partial charge in [-0.2, -0.15) is 0 Å². The molecule has 1 fully saturated rings. The van der Waals surface area contributed by atoms with E-state index >= 15 is 0 Å². The Labute approximate surface area is 204 Å². The number of phenolic OH excluding ortho intramolecular Hbond substituents is 2. The SMILES string of the molecule is CCCCCc1cc(OCCOc2cc(O)cc(O)c2)c2c(c1)OC(C)(C)[C@@H]1CC[C@@H](C)C[C@@H]21. The number of rotatable bonds is 9. The Morgan fingerprint density at radius 3 is 2.44 bits per heavy atom. The van der Waals surface area contributed by atoms with Crippen LogP contribution in [0.1, 0.15) is 83.3 Å². The largest absolute Gasteiger partial charge is 0.508 e. The van der Waals surface area contributed by atoms with Crippen LogP contribution in [0.25, 0.3) is 0 Å². The molecule has 1 aliphatic heterocycles. The molecule has 2 N–H and O–H groups in total. The number of benzene rings is 2. The van der Waals surface area contributed by atoms with Crippen molar-refractivity contribution in [1.82, 2.24) is 0 Å². The average molecular weight is 469 g/mol. The molecule has 0 bridgehead atoms. The average Bonchev–Trinajstić information content (AvgIpc) is 2.75. The first kappa shape index (κ1) is 24.6. The second kappa shape index (κ2) is 10.4. The fraction of sp³-hybridized carbons (Fsp3) is 0.586.